The molecule has 1 amide bonds. The minimum absolute atomic E-state index is 0.251. The summed E-state index contributed by atoms with van der Waals surface area (Å²) in [5, 5.41) is 3.23. The highest BCUT2D eigenvalue weighted by Crippen LogP contribution is 2.18. The third-order valence-corrected chi connectivity index (χ3v) is 4.62. The number of nitrogens with two attached hydrogens (primary N) is 1. The van der Waals surface area contributed by atoms with Crippen LogP contribution in [0.3, 0.4) is 0 Å². The zero-order valence-corrected chi connectivity index (χ0v) is 13.6. The molecule has 0 radical (unpaired) electrons. The first-order chi connectivity index (χ1) is 9.46. The molecule has 1 fully saturated rings. The van der Waals surface area contributed by atoms with E-state index in [-0.39, 0.29) is 5.91 Å². The van der Waals surface area contributed by atoms with Gasteiger partial charge >= 0.3 is 0 Å². The first-order valence-corrected chi connectivity index (χ1v) is 7.98. The van der Waals surface area contributed by atoms with Crippen molar-refractivity contribution in [1.82, 2.24) is 15.1 Å². The molecular formula is C15H32N4O. The van der Waals surface area contributed by atoms with E-state index in [1.165, 1.54) is 6.42 Å². The highest BCUT2D eigenvalue weighted by atomic mass is 16.1. The molecule has 1 aliphatic heterocycles. The molecule has 2 unspecified atom stereocenters. The molecular weight excluding hydrogens is 252 g/mol. The van der Waals surface area contributed by atoms with E-state index < -0.39 is 5.54 Å². The smallest absolute Gasteiger partial charge is 0.237 e. The minimum atomic E-state index is -0.581. The van der Waals surface area contributed by atoms with Crippen LogP contribution in [0.5, 0.6) is 0 Å². The molecule has 5 nitrogen and oxygen atoms in total. The van der Waals surface area contributed by atoms with Gasteiger partial charge in [-0.2, -0.15) is 0 Å². The number of nitrogens with zero attached hydrogens (tertiary/aromatic N) is 2. The number of carbonyl (C=O) groups is 1. The standard InChI is InChI=1S/C15H32N4O/c1-5-17-15(4,14(16)20)9-11-18-10-8-13(12-18)19(6-2)7-3/h13,17H,5-12H2,1-4H3,(H2,16,20). The second kappa shape index (κ2) is 7.96. The normalized spacial score (nSPS) is 23.1. The number of hydrogen-bond acceptors (Lipinski definition) is 4. The van der Waals surface area contributed by atoms with Crippen molar-refractivity contribution >= 4 is 5.91 Å². The van der Waals surface area contributed by atoms with Gasteiger partial charge in [0.15, 0.2) is 0 Å². The van der Waals surface area contributed by atoms with Gasteiger partial charge < -0.3 is 16.0 Å². The van der Waals surface area contributed by atoms with Crippen LogP contribution in [0.2, 0.25) is 0 Å². The van der Waals surface area contributed by atoms with E-state index in [0.29, 0.717) is 6.04 Å². The van der Waals surface area contributed by atoms with Gasteiger partial charge in [-0.25, -0.2) is 0 Å². The topological polar surface area (TPSA) is 61.6 Å². The van der Waals surface area contributed by atoms with Gasteiger partial charge in [0.2, 0.25) is 5.91 Å². The Labute approximate surface area is 123 Å². The van der Waals surface area contributed by atoms with Crippen LogP contribution in [0.15, 0.2) is 0 Å². The number of likely N-dealkylation sites (N-methyl/N-ethyl adjacent to an activating group) is 2. The lowest BCUT2D eigenvalue weighted by molar-refractivity contribution is -0.124. The molecule has 5 heteroatoms. The van der Waals surface area contributed by atoms with E-state index >= 15 is 0 Å². The Kier molecular flexibility index (Phi) is 6.92. The van der Waals surface area contributed by atoms with Gasteiger partial charge in [-0.05, 0) is 45.9 Å². The van der Waals surface area contributed by atoms with Gasteiger partial charge in [-0.1, -0.05) is 20.8 Å². The van der Waals surface area contributed by atoms with Gasteiger partial charge in [0, 0.05) is 19.1 Å². The second-order valence-electron chi connectivity index (χ2n) is 5.94. The number of nitrogens with one attached hydrogen (secondary N) is 1. The third kappa shape index (κ3) is 4.43. The Hall–Kier alpha value is -0.650. The maximum Gasteiger partial charge on any atom is 0.237 e. The van der Waals surface area contributed by atoms with Crippen molar-refractivity contribution in [1.29, 1.82) is 0 Å². The zero-order valence-electron chi connectivity index (χ0n) is 13.6. The molecule has 20 heavy (non-hydrogen) atoms. The highest BCUT2D eigenvalue weighted by Gasteiger charge is 2.32. The summed E-state index contributed by atoms with van der Waals surface area (Å²) >= 11 is 0. The molecule has 3 N–H and O–H groups in total. The third-order valence-electron chi connectivity index (χ3n) is 4.62. The number of rotatable bonds is 9. The van der Waals surface area contributed by atoms with Crippen LogP contribution in [0, 0.1) is 0 Å². The quantitative estimate of drug-likeness (QED) is 0.652. The molecule has 1 aliphatic rings. The van der Waals surface area contributed by atoms with Crippen LogP contribution in [-0.2, 0) is 4.79 Å². The van der Waals surface area contributed by atoms with Crippen molar-refractivity contribution < 1.29 is 4.79 Å². The first-order valence-electron chi connectivity index (χ1n) is 7.98. The van der Waals surface area contributed by atoms with Crippen molar-refractivity contribution in [3.05, 3.63) is 0 Å². The Morgan fingerprint density at radius 3 is 2.55 bits per heavy atom. The van der Waals surface area contributed by atoms with E-state index in [4.69, 9.17) is 5.73 Å². The van der Waals surface area contributed by atoms with Crippen LogP contribution < -0.4 is 11.1 Å². The fourth-order valence-corrected chi connectivity index (χ4v) is 3.12. The van der Waals surface area contributed by atoms with Crippen LogP contribution in [-0.4, -0.2) is 66.6 Å². The maximum atomic E-state index is 11.6. The number of hydrogen-bond donors (Lipinski definition) is 2. The Balaban J connectivity index is 2.45. The minimum Gasteiger partial charge on any atom is -0.368 e. The molecule has 0 saturated carbocycles. The summed E-state index contributed by atoms with van der Waals surface area (Å²) in [6, 6.07) is 0.670. The average molecular weight is 284 g/mol. The van der Waals surface area contributed by atoms with Crippen LogP contribution in [0.4, 0.5) is 0 Å². The number of carbonyl (C=O) groups excluding carboxylic acids is 1. The van der Waals surface area contributed by atoms with Gasteiger partial charge in [-0.3, -0.25) is 9.69 Å². The van der Waals surface area contributed by atoms with E-state index in [1.807, 2.05) is 13.8 Å². The largest absolute Gasteiger partial charge is 0.368 e. The highest BCUT2D eigenvalue weighted by molar-refractivity contribution is 5.84. The van der Waals surface area contributed by atoms with Gasteiger partial charge in [0.1, 0.15) is 0 Å². The maximum absolute atomic E-state index is 11.6. The average Bonchev–Trinajstić information content (AvgIpc) is 2.87. The first kappa shape index (κ1) is 17.4. The van der Waals surface area contributed by atoms with Gasteiger partial charge in [0.25, 0.3) is 0 Å². The summed E-state index contributed by atoms with van der Waals surface area (Å²) in [5.41, 5.74) is 4.95. The fourth-order valence-electron chi connectivity index (χ4n) is 3.12. The second-order valence-corrected chi connectivity index (χ2v) is 5.94. The van der Waals surface area contributed by atoms with E-state index in [2.05, 4.69) is 29.0 Å². The van der Waals surface area contributed by atoms with Crippen molar-refractivity contribution in [2.45, 2.75) is 52.1 Å². The van der Waals surface area contributed by atoms with Crippen molar-refractivity contribution in [3.63, 3.8) is 0 Å². The summed E-state index contributed by atoms with van der Waals surface area (Å²) < 4.78 is 0. The summed E-state index contributed by atoms with van der Waals surface area (Å²) in [5.74, 6) is -0.251. The predicted molar refractivity (Wildman–Crippen MR) is 83.7 cm³/mol. The Morgan fingerprint density at radius 2 is 2.05 bits per heavy atom. The molecule has 118 valence electrons. The molecule has 0 bridgehead atoms. The lowest BCUT2D eigenvalue weighted by Gasteiger charge is -2.30. The number of amides is 1. The van der Waals surface area contributed by atoms with Crippen molar-refractivity contribution in [3.8, 4) is 0 Å². The molecule has 2 atom stereocenters. The summed E-state index contributed by atoms with van der Waals surface area (Å²) in [7, 11) is 0. The molecule has 0 aromatic rings. The molecule has 1 heterocycles. The van der Waals surface area contributed by atoms with Crippen LogP contribution in [0.25, 0.3) is 0 Å². The molecule has 0 aromatic heterocycles. The molecule has 0 aliphatic carbocycles. The Morgan fingerprint density at radius 1 is 1.40 bits per heavy atom. The summed E-state index contributed by atoms with van der Waals surface area (Å²) in [6.07, 6.45) is 2.01. The SMILES string of the molecule is CCNC(C)(CCN1CCC(N(CC)CC)C1)C(N)=O. The monoisotopic (exact) mass is 284 g/mol. The lowest BCUT2D eigenvalue weighted by atomic mass is 9.96. The lowest BCUT2D eigenvalue weighted by Crippen LogP contribution is -2.54. The zero-order chi connectivity index (χ0) is 15.2. The molecule has 0 aromatic carbocycles. The molecule has 0 spiro atoms. The molecule has 1 rings (SSSR count). The molecule has 1 saturated heterocycles. The number of primary amides is 1. The van der Waals surface area contributed by atoms with Gasteiger partial charge in [-0.15, -0.1) is 0 Å². The van der Waals surface area contributed by atoms with Crippen LogP contribution >= 0.6 is 0 Å². The van der Waals surface area contributed by atoms with Gasteiger partial charge in [0.05, 0.1) is 5.54 Å². The fraction of sp³-hybridized carbons (Fsp3) is 0.933. The van der Waals surface area contributed by atoms with E-state index in [9.17, 15) is 4.79 Å². The van der Waals surface area contributed by atoms with Crippen molar-refractivity contribution in [2.75, 3.05) is 39.3 Å². The van der Waals surface area contributed by atoms with Crippen molar-refractivity contribution in [2.24, 2.45) is 5.73 Å². The van der Waals surface area contributed by atoms with Crippen LogP contribution in [0.1, 0.15) is 40.5 Å². The van der Waals surface area contributed by atoms with E-state index in [1.54, 1.807) is 0 Å². The van der Waals surface area contributed by atoms with E-state index in [0.717, 1.165) is 45.7 Å². The summed E-state index contributed by atoms with van der Waals surface area (Å²) in [6.45, 7) is 14.5. The summed E-state index contributed by atoms with van der Waals surface area (Å²) in [4.78, 5) is 16.6. The number of likely N-dealkylation sites (tertiary alicyclic amines) is 1. The Bertz CT molecular complexity index is 306. The predicted octanol–water partition coefficient (Wildman–Crippen LogP) is 0.646.